The first kappa shape index (κ1) is 20.9. The first-order valence-corrected chi connectivity index (χ1v) is 10.2. The van der Waals surface area contributed by atoms with Crippen molar-refractivity contribution in [2.24, 2.45) is 0 Å². The second kappa shape index (κ2) is 10.0. The average Bonchev–Trinajstić information content (AvgIpc) is 2.94. The maximum atomic E-state index is 12.1. The highest BCUT2D eigenvalue weighted by Gasteiger charge is 2.16. The van der Waals surface area contributed by atoms with Crippen LogP contribution in [0.3, 0.4) is 0 Å². The Kier molecular flexibility index (Phi) is 8.06. The number of aromatic nitrogens is 3. The Labute approximate surface area is 167 Å². The third-order valence-corrected chi connectivity index (χ3v) is 5.31. The number of benzene rings is 1. The summed E-state index contributed by atoms with van der Waals surface area (Å²) in [6, 6.07) is 5.22. The molecule has 1 aromatic carbocycles. The SMILES string of the molecule is CCCCC[C@@H](C)NC(=O)CSc1nnc(-c2ccc(Cl)cc2Cl)n1N. The molecule has 1 heterocycles. The molecular weight excluding hydrogens is 393 g/mol. The van der Waals surface area contributed by atoms with Crippen molar-refractivity contribution in [3.8, 4) is 11.4 Å². The number of unbranched alkanes of at least 4 members (excludes halogenated alkanes) is 2. The van der Waals surface area contributed by atoms with E-state index in [-0.39, 0.29) is 17.7 Å². The van der Waals surface area contributed by atoms with E-state index in [1.165, 1.54) is 29.3 Å². The fourth-order valence-electron chi connectivity index (χ4n) is 2.45. The van der Waals surface area contributed by atoms with Crippen LogP contribution in [0.1, 0.15) is 39.5 Å². The molecule has 142 valence electrons. The number of nitrogen functional groups attached to an aromatic ring is 1. The molecule has 0 saturated heterocycles. The quantitative estimate of drug-likeness (QED) is 0.365. The van der Waals surface area contributed by atoms with Gasteiger partial charge >= 0.3 is 0 Å². The molecule has 2 rings (SSSR count). The number of hydrogen-bond donors (Lipinski definition) is 2. The van der Waals surface area contributed by atoms with Gasteiger partial charge in [-0.15, -0.1) is 10.2 Å². The standard InChI is InChI=1S/C17H23Cl2N5OS/c1-3-4-5-6-11(2)21-15(25)10-26-17-23-22-16(24(17)20)13-8-7-12(18)9-14(13)19/h7-9,11H,3-6,10,20H2,1-2H3,(H,21,25)/t11-/m1/s1. The van der Waals surface area contributed by atoms with E-state index in [9.17, 15) is 4.79 Å². The molecule has 0 aliphatic rings. The molecule has 0 fully saturated rings. The molecule has 0 aliphatic heterocycles. The fraction of sp³-hybridized carbons (Fsp3) is 0.471. The third-order valence-electron chi connectivity index (χ3n) is 3.82. The summed E-state index contributed by atoms with van der Waals surface area (Å²) in [4.78, 5) is 12.1. The van der Waals surface area contributed by atoms with Crippen LogP contribution in [0, 0.1) is 0 Å². The van der Waals surface area contributed by atoms with Crippen molar-refractivity contribution < 1.29 is 4.79 Å². The molecule has 1 atom stereocenters. The van der Waals surface area contributed by atoms with E-state index in [1.54, 1.807) is 18.2 Å². The number of rotatable bonds is 9. The van der Waals surface area contributed by atoms with Gasteiger partial charge in [0.1, 0.15) is 0 Å². The van der Waals surface area contributed by atoms with Crippen molar-refractivity contribution >= 4 is 40.9 Å². The van der Waals surface area contributed by atoms with Crippen LogP contribution >= 0.6 is 35.0 Å². The molecule has 0 spiro atoms. The number of halogens is 2. The van der Waals surface area contributed by atoms with E-state index in [0.717, 1.165) is 12.8 Å². The summed E-state index contributed by atoms with van der Waals surface area (Å²) in [6.07, 6.45) is 4.45. The molecule has 26 heavy (non-hydrogen) atoms. The van der Waals surface area contributed by atoms with Gasteiger partial charge in [0.2, 0.25) is 11.1 Å². The second-order valence-corrected chi connectivity index (χ2v) is 7.84. The zero-order valence-electron chi connectivity index (χ0n) is 14.8. The van der Waals surface area contributed by atoms with Gasteiger partial charge in [-0.2, -0.15) is 0 Å². The summed E-state index contributed by atoms with van der Waals surface area (Å²) in [5.74, 6) is 6.65. The highest BCUT2D eigenvalue weighted by atomic mass is 35.5. The van der Waals surface area contributed by atoms with Crippen molar-refractivity contribution in [3.05, 3.63) is 28.2 Å². The van der Waals surface area contributed by atoms with Crippen LogP contribution in [-0.2, 0) is 4.79 Å². The lowest BCUT2D eigenvalue weighted by Crippen LogP contribution is -2.33. The molecule has 0 bridgehead atoms. The summed E-state index contributed by atoms with van der Waals surface area (Å²) >= 11 is 13.3. The zero-order valence-corrected chi connectivity index (χ0v) is 17.2. The third kappa shape index (κ3) is 5.79. The molecular formula is C17H23Cl2N5OS. The van der Waals surface area contributed by atoms with Crippen LogP contribution in [-0.4, -0.2) is 32.6 Å². The molecule has 6 nitrogen and oxygen atoms in total. The number of nitrogens with zero attached hydrogens (tertiary/aromatic N) is 3. The maximum absolute atomic E-state index is 12.1. The van der Waals surface area contributed by atoms with Gasteiger partial charge in [0.05, 0.1) is 10.8 Å². The van der Waals surface area contributed by atoms with Gasteiger partial charge in [-0.05, 0) is 31.5 Å². The molecule has 1 aromatic heterocycles. The van der Waals surface area contributed by atoms with Crippen molar-refractivity contribution in [2.45, 2.75) is 50.7 Å². The van der Waals surface area contributed by atoms with E-state index in [2.05, 4.69) is 22.4 Å². The summed E-state index contributed by atoms with van der Waals surface area (Å²) in [5, 5.41) is 12.5. The first-order valence-electron chi connectivity index (χ1n) is 8.50. The molecule has 3 N–H and O–H groups in total. The summed E-state index contributed by atoms with van der Waals surface area (Å²) in [6.45, 7) is 4.18. The zero-order chi connectivity index (χ0) is 19.1. The number of carbonyl (C=O) groups is 1. The van der Waals surface area contributed by atoms with Gasteiger partial charge in [0.25, 0.3) is 0 Å². The molecule has 1 amide bonds. The number of nitrogens with one attached hydrogen (secondary N) is 1. The largest absolute Gasteiger partial charge is 0.353 e. The van der Waals surface area contributed by atoms with Crippen molar-refractivity contribution in [3.63, 3.8) is 0 Å². The van der Waals surface area contributed by atoms with Gasteiger partial charge in [-0.3, -0.25) is 4.79 Å². The maximum Gasteiger partial charge on any atom is 0.230 e. The Morgan fingerprint density at radius 1 is 1.35 bits per heavy atom. The minimum absolute atomic E-state index is 0.0481. The second-order valence-electron chi connectivity index (χ2n) is 6.05. The lowest BCUT2D eigenvalue weighted by molar-refractivity contribution is -0.119. The van der Waals surface area contributed by atoms with E-state index < -0.39 is 0 Å². The normalized spacial score (nSPS) is 12.2. The summed E-state index contributed by atoms with van der Waals surface area (Å²) in [5.41, 5.74) is 0.631. The average molecular weight is 416 g/mol. The lowest BCUT2D eigenvalue weighted by Gasteiger charge is -2.13. The minimum atomic E-state index is -0.0481. The summed E-state index contributed by atoms with van der Waals surface area (Å²) in [7, 11) is 0. The minimum Gasteiger partial charge on any atom is -0.353 e. The smallest absolute Gasteiger partial charge is 0.230 e. The van der Waals surface area contributed by atoms with Crippen molar-refractivity contribution in [1.29, 1.82) is 0 Å². The Hall–Kier alpha value is -1.44. The van der Waals surface area contributed by atoms with Gasteiger partial charge < -0.3 is 11.2 Å². The molecule has 0 saturated carbocycles. The number of amides is 1. The van der Waals surface area contributed by atoms with Gasteiger partial charge in [-0.1, -0.05) is 61.1 Å². The molecule has 0 unspecified atom stereocenters. The Balaban J connectivity index is 1.93. The highest BCUT2D eigenvalue weighted by molar-refractivity contribution is 7.99. The summed E-state index contributed by atoms with van der Waals surface area (Å²) < 4.78 is 1.33. The predicted octanol–water partition coefficient (Wildman–Crippen LogP) is 4.14. The Morgan fingerprint density at radius 3 is 2.81 bits per heavy atom. The van der Waals surface area contributed by atoms with Crippen LogP contribution in [0.25, 0.3) is 11.4 Å². The lowest BCUT2D eigenvalue weighted by atomic mass is 10.1. The Bertz CT molecular complexity index is 753. The van der Waals surface area contributed by atoms with Crippen LogP contribution in [0.4, 0.5) is 0 Å². The number of thioether (sulfide) groups is 1. The van der Waals surface area contributed by atoms with Crippen LogP contribution in [0.5, 0.6) is 0 Å². The number of carbonyl (C=O) groups excluding carboxylic acids is 1. The molecule has 9 heteroatoms. The van der Waals surface area contributed by atoms with E-state index in [0.29, 0.717) is 26.6 Å². The number of hydrogen-bond acceptors (Lipinski definition) is 5. The molecule has 2 aromatic rings. The van der Waals surface area contributed by atoms with Crippen LogP contribution in [0.15, 0.2) is 23.4 Å². The molecule has 0 radical (unpaired) electrons. The Morgan fingerprint density at radius 2 is 2.12 bits per heavy atom. The predicted molar refractivity (Wildman–Crippen MR) is 108 cm³/mol. The first-order chi connectivity index (χ1) is 12.4. The topological polar surface area (TPSA) is 85.8 Å². The van der Waals surface area contributed by atoms with Crippen LogP contribution < -0.4 is 11.2 Å². The number of nitrogens with two attached hydrogens (primary N) is 1. The van der Waals surface area contributed by atoms with Gasteiger partial charge in [0, 0.05) is 16.6 Å². The van der Waals surface area contributed by atoms with E-state index in [1.807, 2.05) is 6.92 Å². The fourth-order valence-corrected chi connectivity index (χ4v) is 3.61. The van der Waals surface area contributed by atoms with Crippen molar-refractivity contribution in [2.75, 3.05) is 11.6 Å². The highest BCUT2D eigenvalue weighted by Crippen LogP contribution is 2.30. The van der Waals surface area contributed by atoms with Gasteiger partial charge in [-0.25, -0.2) is 4.68 Å². The van der Waals surface area contributed by atoms with E-state index in [4.69, 9.17) is 29.0 Å². The molecule has 0 aliphatic carbocycles. The van der Waals surface area contributed by atoms with E-state index >= 15 is 0 Å². The van der Waals surface area contributed by atoms with Crippen molar-refractivity contribution in [1.82, 2.24) is 20.2 Å². The van der Waals surface area contributed by atoms with Crippen LogP contribution in [0.2, 0.25) is 10.0 Å². The monoisotopic (exact) mass is 415 g/mol. The van der Waals surface area contributed by atoms with Gasteiger partial charge in [0.15, 0.2) is 5.82 Å².